The van der Waals surface area contributed by atoms with E-state index >= 15 is 0 Å². The van der Waals surface area contributed by atoms with Gasteiger partial charge in [-0.3, -0.25) is 5.10 Å². The van der Waals surface area contributed by atoms with Crippen molar-refractivity contribution in [2.24, 2.45) is 5.10 Å². The maximum Gasteiger partial charge on any atom is 0.216 e. The maximum absolute atomic E-state index is 13.3. The molecule has 0 radical (unpaired) electrons. The maximum atomic E-state index is 13.3. The number of rotatable bonds is 2. The van der Waals surface area contributed by atoms with E-state index in [-0.39, 0.29) is 5.82 Å². The van der Waals surface area contributed by atoms with E-state index in [9.17, 15) is 4.39 Å². The van der Waals surface area contributed by atoms with Crippen LogP contribution in [0.4, 0.5) is 4.39 Å². The highest BCUT2D eigenvalue weighted by atomic mass is 79.9. The zero-order valence-electron chi connectivity index (χ0n) is 7.89. The Morgan fingerprint density at radius 2 is 2.38 bits per heavy atom. The Labute approximate surface area is 104 Å². The number of hydrogen-bond donors (Lipinski definition) is 1. The van der Waals surface area contributed by atoms with Crippen molar-refractivity contribution >= 4 is 34.4 Å². The van der Waals surface area contributed by atoms with Gasteiger partial charge in [0.05, 0.1) is 6.21 Å². The highest BCUT2D eigenvalue weighted by Crippen LogP contribution is 2.13. The van der Waals surface area contributed by atoms with Crippen LogP contribution in [0.5, 0.6) is 0 Å². The normalized spacial score (nSPS) is 11.1. The van der Waals surface area contributed by atoms with Gasteiger partial charge in [0.15, 0.2) is 0 Å². The fourth-order valence-electron chi connectivity index (χ4n) is 1.06. The van der Waals surface area contributed by atoms with E-state index in [0.29, 0.717) is 10.3 Å². The van der Waals surface area contributed by atoms with Gasteiger partial charge in [-0.05, 0) is 30.4 Å². The van der Waals surface area contributed by atoms with Crippen molar-refractivity contribution in [2.75, 3.05) is 0 Å². The van der Waals surface area contributed by atoms with Crippen molar-refractivity contribution in [3.8, 4) is 0 Å². The highest BCUT2D eigenvalue weighted by molar-refractivity contribution is 9.10. The van der Waals surface area contributed by atoms with Crippen LogP contribution in [0.2, 0.25) is 0 Å². The summed E-state index contributed by atoms with van der Waals surface area (Å²) in [5, 5.41) is 10.2. The lowest BCUT2D eigenvalue weighted by atomic mass is 10.2. The second kappa shape index (κ2) is 4.67. The standard InChI is InChI=1S/C9H6BrFN4S/c10-7-1-2-8(11)6(3-7)4-13-15-5-12-14-9(15)16/h1-5H,(H,14,16)/b13-4-. The lowest BCUT2D eigenvalue weighted by Crippen LogP contribution is -1.92. The van der Waals surface area contributed by atoms with Gasteiger partial charge in [0, 0.05) is 10.0 Å². The van der Waals surface area contributed by atoms with E-state index in [1.807, 2.05) is 0 Å². The SMILES string of the molecule is Fc1ccc(Br)cc1/C=N\n1cn[nH]c1=S. The molecule has 4 nitrogen and oxygen atoms in total. The highest BCUT2D eigenvalue weighted by Gasteiger charge is 1.99. The zero-order chi connectivity index (χ0) is 11.5. The predicted molar refractivity (Wildman–Crippen MR) is 64.5 cm³/mol. The molecule has 0 aliphatic rings. The van der Waals surface area contributed by atoms with Gasteiger partial charge in [0.25, 0.3) is 0 Å². The van der Waals surface area contributed by atoms with E-state index in [1.165, 1.54) is 23.3 Å². The topological polar surface area (TPSA) is 46.0 Å². The summed E-state index contributed by atoms with van der Waals surface area (Å²) >= 11 is 8.14. The molecule has 16 heavy (non-hydrogen) atoms. The van der Waals surface area contributed by atoms with Gasteiger partial charge in [0.2, 0.25) is 4.77 Å². The molecule has 1 aromatic carbocycles. The van der Waals surface area contributed by atoms with Gasteiger partial charge >= 0.3 is 0 Å². The number of H-pyrrole nitrogens is 1. The van der Waals surface area contributed by atoms with Crippen LogP contribution in [0, 0.1) is 10.6 Å². The fourth-order valence-corrected chi connectivity index (χ4v) is 1.59. The Hall–Kier alpha value is -1.34. The minimum absolute atomic E-state index is 0.345. The molecule has 0 aliphatic heterocycles. The molecule has 0 spiro atoms. The lowest BCUT2D eigenvalue weighted by Gasteiger charge is -1.97. The summed E-state index contributed by atoms with van der Waals surface area (Å²) in [6.07, 6.45) is 2.79. The van der Waals surface area contributed by atoms with Crippen LogP contribution in [0.3, 0.4) is 0 Å². The Balaban J connectivity index is 2.34. The first-order valence-corrected chi connectivity index (χ1v) is 5.48. The van der Waals surface area contributed by atoms with Crippen LogP contribution in [0.1, 0.15) is 5.56 Å². The number of aromatic nitrogens is 3. The van der Waals surface area contributed by atoms with E-state index in [2.05, 4.69) is 31.2 Å². The number of halogens is 2. The van der Waals surface area contributed by atoms with Gasteiger partial charge in [-0.15, -0.1) is 0 Å². The summed E-state index contributed by atoms with van der Waals surface area (Å²) in [5.74, 6) is -0.345. The third kappa shape index (κ3) is 2.42. The molecule has 1 heterocycles. The number of nitrogens with one attached hydrogen (secondary N) is 1. The van der Waals surface area contributed by atoms with Crippen molar-refractivity contribution < 1.29 is 4.39 Å². The van der Waals surface area contributed by atoms with E-state index in [4.69, 9.17) is 12.2 Å². The quantitative estimate of drug-likeness (QED) is 0.685. The minimum atomic E-state index is -0.345. The van der Waals surface area contributed by atoms with Crippen molar-refractivity contribution in [2.45, 2.75) is 0 Å². The summed E-state index contributed by atoms with van der Waals surface area (Å²) in [5.41, 5.74) is 0.373. The van der Waals surface area contributed by atoms with Gasteiger partial charge in [-0.1, -0.05) is 15.9 Å². The predicted octanol–water partition coefficient (Wildman–Crippen LogP) is 2.72. The second-order valence-electron chi connectivity index (χ2n) is 2.92. The molecule has 0 atom stereocenters. The molecule has 0 bridgehead atoms. The Bertz CT molecular complexity index is 589. The smallest absolute Gasteiger partial charge is 0.216 e. The molecule has 0 fully saturated rings. The van der Waals surface area contributed by atoms with Crippen molar-refractivity contribution in [1.82, 2.24) is 14.9 Å². The third-order valence-corrected chi connectivity index (χ3v) is 2.59. The van der Waals surface area contributed by atoms with E-state index in [0.717, 1.165) is 4.47 Å². The first-order valence-electron chi connectivity index (χ1n) is 4.28. The first kappa shape index (κ1) is 11.2. The second-order valence-corrected chi connectivity index (χ2v) is 4.22. The van der Waals surface area contributed by atoms with Gasteiger partial charge < -0.3 is 0 Å². The summed E-state index contributed by atoms with van der Waals surface area (Å²) < 4.78 is 15.8. The summed E-state index contributed by atoms with van der Waals surface area (Å²) in [6.45, 7) is 0. The monoisotopic (exact) mass is 300 g/mol. The third-order valence-electron chi connectivity index (χ3n) is 1.81. The number of nitrogens with zero attached hydrogens (tertiary/aromatic N) is 3. The Kier molecular flexibility index (Phi) is 3.25. The van der Waals surface area contributed by atoms with Crippen molar-refractivity contribution in [1.29, 1.82) is 0 Å². The molecule has 0 aliphatic carbocycles. The molecule has 0 saturated heterocycles. The zero-order valence-corrected chi connectivity index (χ0v) is 10.3. The van der Waals surface area contributed by atoms with Gasteiger partial charge in [-0.25, -0.2) is 4.39 Å². The Morgan fingerprint density at radius 3 is 3.06 bits per heavy atom. The van der Waals surface area contributed by atoms with Crippen molar-refractivity contribution in [3.05, 3.63) is 45.2 Å². The molecule has 2 aromatic rings. The van der Waals surface area contributed by atoms with Crippen LogP contribution in [0.15, 0.2) is 34.1 Å². The lowest BCUT2D eigenvalue weighted by molar-refractivity contribution is 0.625. The van der Waals surface area contributed by atoms with Crippen LogP contribution in [-0.2, 0) is 0 Å². The van der Waals surface area contributed by atoms with Crippen molar-refractivity contribution in [3.63, 3.8) is 0 Å². The van der Waals surface area contributed by atoms with Crippen LogP contribution < -0.4 is 0 Å². The largest absolute Gasteiger partial charge is 0.250 e. The molecule has 7 heteroatoms. The molecule has 1 N–H and O–H groups in total. The molecule has 2 rings (SSSR count). The summed E-state index contributed by atoms with van der Waals surface area (Å²) in [4.78, 5) is 0. The van der Waals surface area contributed by atoms with Crippen LogP contribution >= 0.6 is 28.1 Å². The first-order chi connectivity index (χ1) is 7.66. The number of aromatic amines is 1. The number of benzene rings is 1. The molecular weight excluding hydrogens is 295 g/mol. The van der Waals surface area contributed by atoms with E-state index in [1.54, 1.807) is 12.1 Å². The average molecular weight is 301 g/mol. The summed E-state index contributed by atoms with van der Waals surface area (Å²) in [7, 11) is 0. The molecule has 0 saturated carbocycles. The van der Waals surface area contributed by atoms with Crippen LogP contribution in [-0.4, -0.2) is 21.1 Å². The molecule has 82 valence electrons. The van der Waals surface area contributed by atoms with E-state index < -0.39 is 0 Å². The minimum Gasteiger partial charge on any atom is -0.250 e. The summed E-state index contributed by atoms with van der Waals surface area (Å²) in [6, 6.07) is 4.61. The number of hydrogen-bond acceptors (Lipinski definition) is 3. The van der Waals surface area contributed by atoms with Gasteiger partial charge in [-0.2, -0.15) is 14.9 Å². The van der Waals surface area contributed by atoms with Gasteiger partial charge in [0.1, 0.15) is 12.1 Å². The molecular formula is C9H6BrFN4S. The average Bonchev–Trinajstić information content (AvgIpc) is 2.66. The van der Waals surface area contributed by atoms with Crippen LogP contribution in [0.25, 0.3) is 0 Å². The molecule has 0 amide bonds. The fraction of sp³-hybridized carbons (Fsp3) is 0. The molecule has 0 unspecified atom stereocenters. The molecule has 1 aromatic heterocycles. The Morgan fingerprint density at radius 1 is 1.56 bits per heavy atom.